The summed E-state index contributed by atoms with van der Waals surface area (Å²) in [6, 6.07) is 6.62. The minimum absolute atomic E-state index is 0.119. The Hall–Kier alpha value is -3.39. The first-order valence-electron chi connectivity index (χ1n) is 11.3. The van der Waals surface area contributed by atoms with Gasteiger partial charge in [-0.2, -0.15) is 0 Å². The van der Waals surface area contributed by atoms with E-state index in [0.29, 0.717) is 17.5 Å². The SMILES string of the molecule is COc1oc(C(O)CC(C)=CC(C)=CC(C)=CC(C)=Cc2ccc(N([O-])O)cc2)c(C)c(=O)c1C. The smallest absolute Gasteiger partial charge is 0.291 e. The molecule has 1 unspecified atom stereocenters. The van der Waals surface area contributed by atoms with Crippen LogP contribution in [0.2, 0.25) is 0 Å². The number of methoxy groups -OCH3 is 1. The van der Waals surface area contributed by atoms with Crippen LogP contribution in [0.15, 0.2) is 74.0 Å². The van der Waals surface area contributed by atoms with Gasteiger partial charge in [0, 0.05) is 12.0 Å². The fourth-order valence-electron chi connectivity index (χ4n) is 3.90. The highest BCUT2D eigenvalue weighted by Crippen LogP contribution is 2.28. The van der Waals surface area contributed by atoms with Crippen LogP contribution in [-0.4, -0.2) is 17.4 Å². The Labute approximate surface area is 206 Å². The normalized spacial score (nSPS) is 14.2. The molecule has 2 rings (SSSR count). The summed E-state index contributed by atoms with van der Waals surface area (Å²) in [6.45, 7) is 11.2. The van der Waals surface area contributed by atoms with Gasteiger partial charge in [-0.25, -0.2) is 0 Å². The van der Waals surface area contributed by atoms with E-state index in [2.05, 4.69) is 0 Å². The molecule has 7 heteroatoms. The lowest BCUT2D eigenvalue weighted by Crippen LogP contribution is -2.15. The minimum Gasteiger partial charge on any atom is -0.733 e. The maximum absolute atomic E-state index is 12.4. The van der Waals surface area contributed by atoms with Crippen LogP contribution in [0.5, 0.6) is 5.95 Å². The summed E-state index contributed by atoms with van der Waals surface area (Å²) in [5.74, 6) is 0.340. The Kier molecular flexibility index (Phi) is 9.83. The molecule has 0 aliphatic carbocycles. The number of aliphatic hydroxyl groups is 1. The standard InChI is InChI=1S/C28H34NO6/c1-17(13-19(3)15-23-8-10-24(11-9-23)29(32)33)12-18(2)14-20(4)16-25(30)27-21(5)26(31)22(6)28(34-7)35-27/h8-15,25,30,32H,16H2,1-7H3/q-1. The molecule has 1 atom stereocenters. The number of aliphatic hydroxyl groups excluding tert-OH is 1. The second kappa shape index (κ2) is 12.4. The van der Waals surface area contributed by atoms with Gasteiger partial charge in [0.15, 0.2) is 5.43 Å². The zero-order chi connectivity index (χ0) is 26.3. The van der Waals surface area contributed by atoms with Gasteiger partial charge in [-0.15, -0.1) is 0 Å². The summed E-state index contributed by atoms with van der Waals surface area (Å²) in [4.78, 5) is 12.4. The molecule has 188 valence electrons. The first-order valence-corrected chi connectivity index (χ1v) is 11.3. The number of nitrogens with zero attached hydrogens (tertiary/aromatic N) is 1. The van der Waals surface area contributed by atoms with Crippen molar-refractivity contribution in [3.8, 4) is 5.95 Å². The van der Waals surface area contributed by atoms with Crippen LogP contribution in [0.25, 0.3) is 6.08 Å². The van der Waals surface area contributed by atoms with Gasteiger partial charge < -0.3 is 24.7 Å². The van der Waals surface area contributed by atoms with E-state index in [1.807, 2.05) is 52.0 Å². The lowest BCUT2D eigenvalue weighted by atomic mass is 10.0. The van der Waals surface area contributed by atoms with Crippen LogP contribution in [0.4, 0.5) is 5.69 Å². The number of rotatable bonds is 9. The largest absolute Gasteiger partial charge is 0.733 e. The highest BCUT2D eigenvalue weighted by Gasteiger charge is 2.20. The Morgan fingerprint density at radius 3 is 2.17 bits per heavy atom. The number of allylic oxidation sites excluding steroid dienone is 6. The van der Waals surface area contributed by atoms with Gasteiger partial charge in [-0.3, -0.25) is 10.0 Å². The van der Waals surface area contributed by atoms with Crippen molar-refractivity contribution in [3.63, 3.8) is 0 Å². The fourth-order valence-corrected chi connectivity index (χ4v) is 3.90. The third-order valence-corrected chi connectivity index (χ3v) is 5.46. The number of ether oxygens (including phenoxy) is 1. The van der Waals surface area contributed by atoms with E-state index in [4.69, 9.17) is 14.4 Å². The van der Waals surface area contributed by atoms with Gasteiger partial charge in [0.05, 0.1) is 18.4 Å². The van der Waals surface area contributed by atoms with Crippen molar-refractivity contribution in [2.75, 3.05) is 12.3 Å². The predicted molar refractivity (Wildman–Crippen MR) is 140 cm³/mol. The molecule has 35 heavy (non-hydrogen) atoms. The molecule has 0 spiro atoms. The summed E-state index contributed by atoms with van der Waals surface area (Å²) < 4.78 is 10.8. The van der Waals surface area contributed by atoms with Crippen LogP contribution in [0.1, 0.15) is 62.7 Å². The maximum atomic E-state index is 12.4. The summed E-state index contributed by atoms with van der Waals surface area (Å²) in [6.07, 6.45) is 7.39. The summed E-state index contributed by atoms with van der Waals surface area (Å²) in [5.41, 5.74) is 5.68. The van der Waals surface area contributed by atoms with Gasteiger partial charge in [0.25, 0.3) is 5.95 Å². The van der Waals surface area contributed by atoms with Crippen molar-refractivity contribution < 1.29 is 19.5 Å². The molecule has 2 aromatic rings. The van der Waals surface area contributed by atoms with Crippen molar-refractivity contribution in [2.45, 2.75) is 54.1 Å². The molecule has 2 N–H and O–H groups in total. The molecule has 0 bridgehead atoms. The Morgan fingerprint density at radius 1 is 1.03 bits per heavy atom. The lowest BCUT2D eigenvalue weighted by molar-refractivity contribution is 0.135. The molecule has 7 nitrogen and oxygen atoms in total. The van der Waals surface area contributed by atoms with Crippen molar-refractivity contribution in [1.82, 2.24) is 0 Å². The number of benzene rings is 1. The van der Waals surface area contributed by atoms with Crippen LogP contribution in [0.3, 0.4) is 0 Å². The average molecular weight is 481 g/mol. The van der Waals surface area contributed by atoms with Crippen molar-refractivity contribution in [2.24, 2.45) is 0 Å². The Morgan fingerprint density at radius 2 is 1.60 bits per heavy atom. The maximum Gasteiger partial charge on any atom is 0.291 e. The van der Waals surface area contributed by atoms with Crippen LogP contribution >= 0.6 is 0 Å². The van der Waals surface area contributed by atoms with E-state index in [0.717, 1.165) is 27.9 Å². The van der Waals surface area contributed by atoms with E-state index in [1.54, 1.807) is 38.1 Å². The molecule has 0 fully saturated rings. The second-order valence-electron chi connectivity index (χ2n) is 8.78. The topological polar surface area (TPSA) is 106 Å². The summed E-state index contributed by atoms with van der Waals surface area (Å²) in [7, 11) is 1.43. The van der Waals surface area contributed by atoms with E-state index in [-0.39, 0.29) is 28.0 Å². The summed E-state index contributed by atoms with van der Waals surface area (Å²) >= 11 is 0. The molecule has 1 heterocycles. The first-order chi connectivity index (χ1) is 16.4. The molecule has 0 saturated carbocycles. The Bertz CT molecular complexity index is 1210. The fraction of sp³-hybridized carbons (Fsp3) is 0.321. The third-order valence-electron chi connectivity index (χ3n) is 5.46. The molecule has 0 amide bonds. The lowest BCUT2D eigenvalue weighted by Gasteiger charge is -2.21. The second-order valence-corrected chi connectivity index (χ2v) is 8.78. The van der Waals surface area contributed by atoms with Crippen molar-refractivity contribution in [1.29, 1.82) is 0 Å². The molecule has 0 radical (unpaired) electrons. The highest BCUT2D eigenvalue weighted by molar-refractivity contribution is 5.59. The predicted octanol–water partition coefficient (Wildman–Crippen LogP) is 6.32. The number of anilines is 1. The van der Waals surface area contributed by atoms with Crippen molar-refractivity contribution in [3.05, 3.63) is 103 Å². The molecule has 0 aliphatic heterocycles. The minimum atomic E-state index is -0.964. The van der Waals surface area contributed by atoms with Crippen LogP contribution in [0, 0.1) is 19.1 Å². The van der Waals surface area contributed by atoms with E-state index in [9.17, 15) is 15.1 Å². The summed E-state index contributed by atoms with van der Waals surface area (Å²) in [5, 5.41) is 30.4. The molecule has 0 aliphatic rings. The quantitative estimate of drug-likeness (QED) is 0.319. The first kappa shape index (κ1) is 27.9. The van der Waals surface area contributed by atoms with Gasteiger partial charge in [0.2, 0.25) is 0 Å². The molecule has 1 aromatic carbocycles. The molecular formula is C28H34NO6-. The van der Waals surface area contributed by atoms with E-state index >= 15 is 0 Å². The van der Waals surface area contributed by atoms with Gasteiger partial charge in [-0.05, 0) is 59.2 Å². The number of hydrogen-bond donors (Lipinski definition) is 2. The molecule has 0 saturated heterocycles. The van der Waals surface area contributed by atoms with Gasteiger partial charge in [-0.1, -0.05) is 58.7 Å². The highest BCUT2D eigenvalue weighted by atomic mass is 16.8. The monoisotopic (exact) mass is 480 g/mol. The van der Waals surface area contributed by atoms with Gasteiger partial charge >= 0.3 is 0 Å². The van der Waals surface area contributed by atoms with Crippen molar-refractivity contribution >= 4 is 11.8 Å². The average Bonchev–Trinajstić information content (AvgIpc) is 2.77. The number of hydrogen-bond acceptors (Lipinski definition) is 7. The third kappa shape index (κ3) is 7.82. The van der Waals surface area contributed by atoms with E-state index < -0.39 is 6.10 Å². The molecule has 1 aromatic heterocycles. The van der Waals surface area contributed by atoms with Crippen LogP contribution < -0.4 is 15.4 Å². The van der Waals surface area contributed by atoms with Crippen LogP contribution in [-0.2, 0) is 0 Å². The van der Waals surface area contributed by atoms with Gasteiger partial charge in [0.1, 0.15) is 11.9 Å². The van der Waals surface area contributed by atoms with E-state index in [1.165, 1.54) is 7.11 Å². The molecular weight excluding hydrogens is 446 g/mol. The Balaban J connectivity index is 2.13. The zero-order valence-corrected chi connectivity index (χ0v) is 21.4. The zero-order valence-electron chi connectivity index (χ0n) is 21.4.